The van der Waals surface area contributed by atoms with Gasteiger partial charge >= 0.3 is 5.69 Å². The third kappa shape index (κ3) is 3.84. The van der Waals surface area contributed by atoms with Gasteiger partial charge in [-0.2, -0.15) is 0 Å². The number of benzene rings is 1. The first-order chi connectivity index (χ1) is 9.54. The molecule has 0 bridgehead atoms. The Labute approximate surface area is 122 Å². The number of carbonyl (C=O) groups is 1. The minimum Gasteiger partial charge on any atom is -0.490 e. The van der Waals surface area contributed by atoms with Gasteiger partial charge in [0.1, 0.15) is 0 Å². The van der Waals surface area contributed by atoms with Gasteiger partial charge in [0.05, 0.1) is 12.0 Å². The van der Waals surface area contributed by atoms with Crippen LogP contribution in [0.5, 0.6) is 5.75 Å². The van der Waals surface area contributed by atoms with Crippen molar-refractivity contribution in [2.24, 2.45) is 0 Å². The van der Waals surface area contributed by atoms with Crippen molar-refractivity contribution >= 4 is 23.2 Å². The maximum atomic E-state index is 12.3. The molecule has 0 saturated heterocycles. The molecule has 6 nitrogen and oxygen atoms in total. The fourth-order valence-corrected chi connectivity index (χ4v) is 2.03. The molecular weight excluding hydrogens is 284 g/mol. The first-order valence-corrected chi connectivity index (χ1v) is 6.76. The van der Waals surface area contributed by atoms with Gasteiger partial charge in [-0.15, -0.1) is 11.6 Å². The highest BCUT2D eigenvalue weighted by atomic mass is 35.5. The average Bonchev–Trinajstić information content (AvgIpc) is 2.45. The SMILES string of the molecule is CCCN(CCCl)C(=O)c1ccc([N+](=O)[O-])c(OC)c1. The summed E-state index contributed by atoms with van der Waals surface area (Å²) in [5.74, 6) is 0.208. The molecule has 7 heteroatoms. The van der Waals surface area contributed by atoms with E-state index < -0.39 is 4.92 Å². The lowest BCUT2D eigenvalue weighted by molar-refractivity contribution is -0.385. The average molecular weight is 301 g/mol. The van der Waals surface area contributed by atoms with Crippen LogP contribution in [0, 0.1) is 10.1 Å². The topological polar surface area (TPSA) is 72.7 Å². The van der Waals surface area contributed by atoms with Gasteiger partial charge in [0.25, 0.3) is 5.91 Å². The first-order valence-electron chi connectivity index (χ1n) is 6.22. The van der Waals surface area contributed by atoms with E-state index in [4.69, 9.17) is 16.3 Å². The molecule has 0 N–H and O–H groups in total. The number of rotatable bonds is 7. The number of hydrogen-bond acceptors (Lipinski definition) is 4. The zero-order chi connectivity index (χ0) is 15.1. The fourth-order valence-electron chi connectivity index (χ4n) is 1.83. The van der Waals surface area contributed by atoms with Gasteiger partial charge in [-0.1, -0.05) is 6.92 Å². The standard InChI is InChI=1S/C13H17ClN2O4/c1-3-7-15(8-6-14)13(17)10-4-5-11(16(18)19)12(9-10)20-2/h4-5,9H,3,6-8H2,1-2H3. The molecule has 1 rings (SSSR count). The van der Waals surface area contributed by atoms with Gasteiger partial charge in [-0.25, -0.2) is 0 Å². The highest BCUT2D eigenvalue weighted by Gasteiger charge is 2.20. The van der Waals surface area contributed by atoms with Gasteiger partial charge in [-0.05, 0) is 12.5 Å². The van der Waals surface area contributed by atoms with Crippen LogP contribution < -0.4 is 4.74 Å². The van der Waals surface area contributed by atoms with Crippen molar-refractivity contribution in [1.29, 1.82) is 0 Å². The number of alkyl halides is 1. The van der Waals surface area contributed by atoms with E-state index in [-0.39, 0.29) is 17.3 Å². The molecule has 0 unspecified atom stereocenters. The molecule has 0 fully saturated rings. The molecule has 0 saturated carbocycles. The van der Waals surface area contributed by atoms with Crippen molar-refractivity contribution < 1.29 is 14.5 Å². The molecule has 0 aliphatic heterocycles. The summed E-state index contributed by atoms with van der Waals surface area (Å²) in [4.78, 5) is 24.2. The van der Waals surface area contributed by atoms with E-state index >= 15 is 0 Å². The molecule has 1 aromatic carbocycles. The molecule has 0 aliphatic rings. The molecule has 20 heavy (non-hydrogen) atoms. The Morgan fingerprint density at radius 1 is 1.45 bits per heavy atom. The summed E-state index contributed by atoms with van der Waals surface area (Å²) in [6, 6.07) is 4.09. The van der Waals surface area contributed by atoms with Crippen molar-refractivity contribution in [3.8, 4) is 5.75 Å². The van der Waals surface area contributed by atoms with Crippen molar-refractivity contribution in [1.82, 2.24) is 4.90 Å². The maximum Gasteiger partial charge on any atom is 0.310 e. The normalized spacial score (nSPS) is 10.2. The molecule has 0 heterocycles. The molecular formula is C13H17ClN2O4. The van der Waals surface area contributed by atoms with Crippen LogP contribution in [0.4, 0.5) is 5.69 Å². The Morgan fingerprint density at radius 2 is 2.15 bits per heavy atom. The summed E-state index contributed by atoms with van der Waals surface area (Å²) >= 11 is 5.68. The van der Waals surface area contributed by atoms with E-state index in [2.05, 4.69) is 0 Å². The summed E-state index contributed by atoms with van der Waals surface area (Å²) in [7, 11) is 1.33. The Bertz CT molecular complexity index is 487. The lowest BCUT2D eigenvalue weighted by Gasteiger charge is -2.21. The molecule has 110 valence electrons. The van der Waals surface area contributed by atoms with E-state index in [0.29, 0.717) is 24.5 Å². The Balaban J connectivity index is 3.06. The molecule has 0 atom stereocenters. The molecule has 0 radical (unpaired) electrons. The van der Waals surface area contributed by atoms with Crippen molar-refractivity contribution in [3.05, 3.63) is 33.9 Å². The van der Waals surface area contributed by atoms with Crippen LogP contribution >= 0.6 is 11.6 Å². The predicted octanol–water partition coefficient (Wildman–Crippen LogP) is 2.69. The van der Waals surface area contributed by atoms with Gasteiger partial charge in [0.2, 0.25) is 0 Å². The molecule has 0 aromatic heterocycles. The summed E-state index contributed by atoms with van der Waals surface area (Å²) in [5.41, 5.74) is 0.189. The number of nitro groups is 1. The van der Waals surface area contributed by atoms with Crippen LogP contribution in [-0.2, 0) is 0 Å². The van der Waals surface area contributed by atoms with E-state index in [1.807, 2.05) is 6.92 Å². The Kier molecular flexibility index (Phi) is 6.24. The minimum absolute atomic E-state index is 0.0724. The number of methoxy groups -OCH3 is 1. The van der Waals surface area contributed by atoms with E-state index in [9.17, 15) is 14.9 Å². The number of nitrogens with zero attached hydrogens (tertiary/aromatic N) is 2. The number of hydrogen-bond donors (Lipinski definition) is 0. The second-order valence-electron chi connectivity index (χ2n) is 4.12. The van der Waals surface area contributed by atoms with Crippen LogP contribution in [0.25, 0.3) is 0 Å². The van der Waals surface area contributed by atoms with Crippen molar-refractivity contribution in [2.75, 3.05) is 26.1 Å². The predicted molar refractivity (Wildman–Crippen MR) is 76.6 cm³/mol. The summed E-state index contributed by atoms with van der Waals surface area (Å²) < 4.78 is 4.96. The van der Waals surface area contributed by atoms with Crippen LogP contribution in [-0.4, -0.2) is 41.8 Å². The molecule has 1 aromatic rings. The smallest absolute Gasteiger partial charge is 0.310 e. The number of amides is 1. The van der Waals surface area contributed by atoms with Gasteiger partial charge in [-0.3, -0.25) is 14.9 Å². The highest BCUT2D eigenvalue weighted by molar-refractivity contribution is 6.18. The fraction of sp³-hybridized carbons (Fsp3) is 0.462. The summed E-state index contributed by atoms with van der Waals surface area (Å²) in [5, 5.41) is 10.8. The quantitative estimate of drug-likeness (QED) is 0.441. The van der Waals surface area contributed by atoms with Crippen LogP contribution in [0.15, 0.2) is 18.2 Å². The van der Waals surface area contributed by atoms with Gasteiger partial charge in [0.15, 0.2) is 5.75 Å². The lowest BCUT2D eigenvalue weighted by atomic mass is 10.1. The highest BCUT2D eigenvalue weighted by Crippen LogP contribution is 2.28. The van der Waals surface area contributed by atoms with Crippen LogP contribution in [0.1, 0.15) is 23.7 Å². The van der Waals surface area contributed by atoms with Crippen molar-refractivity contribution in [3.63, 3.8) is 0 Å². The zero-order valence-electron chi connectivity index (χ0n) is 11.5. The van der Waals surface area contributed by atoms with E-state index in [1.165, 1.54) is 25.3 Å². The first kappa shape index (κ1) is 16.2. The van der Waals surface area contributed by atoms with E-state index in [0.717, 1.165) is 6.42 Å². The number of ether oxygens (including phenoxy) is 1. The number of carbonyl (C=O) groups excluding carboxylic acids is 1. The third-order valence-corrected chi connectivity index (χ3v) is 2.93. The van der Waals surface area contributed by atoms with Crippen LogP contribution in [0.3, 0.4) is 0 Å². The molecule has 1 amide bonds. The molecule has 0 aliphatic carbocycles. The number of halogens is 1. The Morgan fingerprint density at radius 3 is 2.65 bits per heavy atom. The second kappa shape index (κ2) is 7.69. The van der Waals surface area contributed by atoms with Gasteiger partial charge < -0.3 is 9.64 Å². The summed E-state index contributed by atoms with van der Waals surface area (Å²) in [6.45, 7) is 2.99. The van der Waals surface area contributed by atoms with Crippen molar-refractivity contribution in [2.45, 2.75) is 13.3 Å². The molecule has 0 spiro atoms. The van der Waals surface area contributed by atoms with Crippen LogP contribution in [0.2, 0.25) is 0 Å². The van der Waals surface area contributed by atoms with E-state index in [1.54, 1.807) is 4.90 Å². The second-order valence-corrected chi connectivity index (χ2v) is 4.50. The maximum absolute atomic E-state index is 12.3. The largest absolute Gasteiger partial charge is 0.490 e. The zero-order valence-corrected chi connectivity index (χ0v) is 12.2. The lowest BCUT2D eigenvalue weighted by Crippen LogP contribution is -2.33. The monoisotopic (exact) mass is 300 g/mol. The number of nitro benzene ring substituents is 1. The Hall–Kier alpha value is -1.82. The summed E-state index contributed by atoms with van der Waals surface area (Å²) in [6.07, 6.45) is 0.812. The van der Waals surface area contributed by atoms with Gasteiger partial charge in [0, 0.05) is 36.7 Å². The third-order valence-electron chi connectivity index (χ3n) is 2.76. The minimum atomic E-state index is -0.546.